The first kappa shape index (κ1) is 6.05. The van der Waals surface area contributed by atoms with E-state index in [1.165, 1.54) is 0 Å². The Balaban J connectivity index is 2.39. The van der Waals surface area contributed by atoms with Gasteiger partial charge in [0.25, 0.3) is 0 Å². The highest BCUT2D eigenvalue weighted by molar-refractivity contribution is 4.98. The van der Waals surface area contributed by atoms with Crippen LogP contribution in [0.25, 0.3) is 0 Å². The van der Waals surface area contributed by atoms with Gasteiger partial charge in [0, 0.05) is 0 Å². The lowest BCUT2D eigenvalue weighted by molar-refractivity contribution is 0.168. The molecule has 0 saturated carbocycles. The van der Waals surface area contributed by atoms with Gasteiger partial charge in [0.15, 0.2) is 0 Å². The summed E-state index contributed by atoms with van der Waals surface area (Å²) in [6, 6.07) is 0. The lowest BCUT2D eigenvalue weighted by Gasteiger charge is -2.01. The summed E-state index contributed by atoms with van der Waals surface area (Å²) < 4.78 is 5.15. The first-order chi connectivity index (χ1) is 3.75. The molecule has 8 heavy (non-hydrogen) atoms. The van der Waals surface area contributed by atoms with Crippen LogP contribution in [0.4, 0.5) is 0 Å². The third-order valence-corrected chi connectivity index (χ3v) is 1.96. The number of ether oxygens (including phenoxy) is 1. The molecule has 1 N–H and O–H groups in total. The number of hydrogen-bond acceptors (Lipinski definition) is 2. The molecule has 0 aromatic carbocycles. The molecule has 2 unspecified atom stereocenters. The number of hydrogen-bond donors (Lipinski definition) is 1. The predicted molar refractivity (Wildman–Crippen MR) is 30.7 cm³/mol. The topological polar surface area (TPSA) is 32.8 Å². The van der Waals surface area contributed by atoms with Crippen LogP contribution in [0, 0.1) is 0 Å². The van der Waals surface area contributed by atoms with Crippen molar-refractivity contribution in [2.75, 3.05) is 6.61 Å². The molecule has 2 nitrogen and oxygen atoms in total. The fourth-order valence-corrected chi connectivity index (χ4v) is 0.966. The molecule has 48 valence electrons. The second-order valence-corrected chi connectivity index (χ2v) is 2.34. The molecule has 0 amide bonds. The van der Waals surface area contributed by atoms with E-state index in [1.807, 2.05) is 13.8 Å². The van der Waals surface area contributed by atoms with E-state index in [4.69, 9.17) is 9.84 Å². The Kier molecular flexibility index (Phi) is 1.29. The van der Waals surface area contributed by atoms with Gasteiger partial charge in [-0.3, -0.25) is 0 Å². The Morgan fingerprint density at radius 3 is 2.25 bits per heavy atom. The van der Waals surface area contributed by atoms with Crippen molar-refractivity contribution >= 4 is 0 Å². The summed E-state index contributed by atoms with van der Waals surface area (Å²) in [5.74, 6) is 0. The molecular weight excluding hydrogens is 104 g/mol. The minimum Gasteiger partial charge on any atom is -0.393 e. The van der Waals surface area contributed by atoms with Crippen LogP contribution >= 0.6 is 0 Å². The maximum absolute atomic E-state index is 8.70. The highest BCUT2D eigenvalue weighted by atomic mass is 16.6. The van der Waals surface area contributed by atoms with Crippen LogP contribution < -0.4 is 0 Å². The maximum atomic E-state index is 8.70. The van der Waals surface area contributed by atoms with Crippen LogP contribution in [0.1, 0.15) is 20.3 Å². The molecule has 2 heteroatoms. The van der Waals surface area contributed by atoms with Crippen molar-refractivity contribution in [3.8, 4) is 0 Å². The third kappa shape index (κ3) is 0.644. The maximum Gasteiger partial charge on any atom is 0.117 e. The Morgan fingerprint density at radius 2 is 2.25 bits per heavy atom. The molecule has 0 aliphatic carbocycles. The zero-order chi connectivity index (χ0) is 6.20. The molecule has 0 aromatic heterocycles. The predicted octanol–water partition coefficient (Wildman–Crippen LogP) is 0.546. The number of aliphatic hydroxyl groups excluding tert-OH is 1. The molecule has 1 aliphatic rings. The van der Waals surface area contributed by atoms with Gasteiger partial charge in [-0.25, -0.2) is 0 Å². The molecule has 1 saturated heterocycles. The summed E-state index contributed by atoms with van der Waals surface area (Å²) >= 11 is 0. The minimum atomic E-state index is -0.153. The largest absolute Gasteiger partial charge is 0.393 e. The van der Waals surface area contributed by atoms with Gasteiger partial charge in [0.1, 0.15) is 5.60 Å². The average Bonchev–Trinajstić information content (AvgIpc) is 2.43. The molecule has 0 spiro atoms. The summed E-state index contributed by atoms with van der Waals surface area (Å²) in [7, 11) is 0. The third-order valence-electron chi connectivity index (χ3n) is 1.96. The van der Waals surface area contributed by atoms with Crippen molar-refractivity contribution in [1.29, 1.82) is 0 Å². The van der Waals surface area contributed by atoms with Crippen LogP contribution in [0.2, 0.25) is 0 Å². The Labute approximate surface area is 49.5 Å². The van der Waals surface area contributed by atoms with Gasteiger partial charge in [0.05, 0.1) is 12.7 Å². The van der Waals surface area contributed by atoms with Crippen molar-refractivity contribution in [2.24, 2.45) is 0 Å². The van der Waals surface area contributed by atoms with E-state index in [2.05, 4.69) is 0 Å². The van der Waals surface area contributed by atoms with E-state index in [-0.39, 0.29) is 18.3 Å². The van der Waals surface area contributed by atoms with Crippen LogP contribution in [-0.4, -0.2) is 23.4 Å². The fraction of sp³-hybridized carbons (Fsp3) is 1.00. The van der Waals surface area contributed by atoms with E-state index >= 15 is 0 Å². The Morgan fingerprint density at radius 1 is 1.75 bits per heavy atom. The molecule has 0 bridgehead atoms. The van der Waals surface area contributed by atoms with Gasteiger partial charge in [-0.05, 0) is 13.3 Å². The van der Waals surface area contributed by atoms with E-state index < -0.39 is 0 Å². The van der Waals surface area contributed by atoms with Gasteiger partial charge in [-0.15, -0.1) is 0 Å². The number of rotatable bonds is 2. The molecular formula is C6H12O2. The number of aliphatic hydroxyl groups is 1. The average molecular weight is 116 g/mol. The van der Waals surface area contributed by atoms with Gasteiger partial charge in [-0.1, -0.05) is 6.92 Å². The van der Waals surface area contributed by atoms with Crippen molar-refractivity contribution < 1.29 is 9.84 Å². The zero-order valence-electron chi connectivity index (χ0n) is 5.35. The first-order valence-electron chi connectivity index (χ1n) is 3.04. The highest BCUT2D eigenvalue weighted by Gasteiger charge is 2.51. The van der Waals surface area contributed by atoms with E-state index in [1.54, 1.807) is 0 Å². The van der Waals surface area contributed by atoms with Gasteiger partial charge in [-0.2, -0.15) is 0 Å². The van der Waals surface area contributed by atoms with Gasteiger partial charge in [0.2, 0.25) is 0 Å². The van der Waals surface area contributed by atoms with Crippen molar-refractivity contribution in [3.05, 3.63) is 0 Å². The van der Waals surface area contributed by atoms with Crippen molar-refractivity contribution in [2.45, 2.75) is 32.0 Å². The highest BCUT2D eigenvalue weighted by Crippen LogP contribution is 2.38. The van der Waals surface area contributed by atoms with Crippen LogP contribution in [0.5, 0.6) is 0 Å². The van der Waals surface area contributed by atoms with Gasteiger partial charge < -0.3 is 9.84 Å². The SMILES string of the molecule is CCC1(CO)OC1C. The van der Waals surface area contributed by atoms with Gasteiger partial charge >= 0.3 is 0 Å². The molecule has 1 aliphatic heterocycles. The number of epoxide rings is 1. The normalized spacial score (nSPS) is 44.6. The minimum absolute atomic E-state index is 0.153. The Bertz CT molecular complexity index is 81.0. The zero-order valence-corrected chi connectivity index (χ0v) is 5.35. The second kappa shape index (κ2) is 1.71. The smallest absolute Gasteiger partial charge is 0.117 e. The Hall–Kier alpha value is -0.0800. The standard InChI is InChI=1S/C6H12O2/c1-3-6(4-7)5(2)8-6/h5,7H,3-4H2,1-2H3. The van der Waals surface area contributed by atoms with E-state index in [9.17, 15) is 0 Å². The summed E-state index contributed by atoms with van der Waals surface area (Å²) in [5, 5.41) is 8.70. The van der Waals surface area contributed by atoms with E-state index in [0.717, 1.165) is 6.42 Å². The second-order valence-electron chi connectivity index (χ2n) is 2.34. The summed E-state index contributed by atoms with van der Waals surface area (Å²) in [6.45, 7) is 4.18. The summed E-state index contributed by atoms with van der Waals surface area (Å²) in [6.07, 6.45) is 1.20. The molecule has 2 atom stereocenters. The van der Waals surface area contributed by atoms with Crippen molar-refractivity contribution in [3.63, 3.8) is 0 Å². The van der Waals surface area contributed by atoms with Crippen molar-refractivity contribution in [1.82, 2.24) is 0 Å². The molecule has 1 fully saturated rings. The first-order valence-corrected chi connectivity index (χ1v) is 3.04. The lowest BCUT2D eigenvalue weighted by atomic mass is 10.1. The van der Waals surface area contributed by atoms with Crippen LogP contribution in [-0.2, 0) is 4.74 Å². The summed E-state index contributed by atoms with van der Waals surface area (Å²) in [4.78, 5) is 0. The monoisotopic (exact) mass is 116 g/mol. The molecule has 1 rings (SSSR count). The van der Waals surface area contributed by atoms with E-state index in [0.29, 0.717) is 0 Å². The quantitative estimate of drug-likeness (QED) is 0.534. The molecule has 1 heterocycles. The lowest BCUT2D eigenvalue weighted by Crippen LogP contribution is -2.17. The van der Waals surface area contributed by atoms with Crippen LogP contribution in [0.3, 0.4) is 0 Å². The molecule has 0 radical (unpaired) electrons. The summed E-state index contributed by atoms with van der Waals surface area (Å²) in [5.41, 5.74) is -0.153. The molecule has 0 aromatic rings. The van der Waals surface area contributed by atoms with Crippen LogP contribution in [0.15, 0.2) is 0 Å². The fourth-order valence-electron chi connectivity index (χ4n) is 0.966.